The Bertz CT molecular complexity index is 1370. The molecule has 14 nitrogen and oxygen atoms in total. The normalized spacial score (nSPS) is 15.3. The number of hydrogen-bond acceptors (Lipinski definition) is 8. The quantitative estimate of drug-likeness (QED) is 0.180. The number of carbonyl (C=O) groups excluding carboxylic acids is 3. The van der Waals surface area contributed by atoms with E-state index in [0.29, 0.717) is 35.2 Å². The number of carboxylic acids is 2. The summed E-state index contributed by atoms with van der Waals surface area (Å²) in [6.07, 6.45) is 8.17. The molecule has 0 spiro atoms. The highest BCUT2D eigenvalue weighted by atomic mass is 16.4. The van der Waals surface area contributed by atoms with Crippen molar-refractivity contribution in [3.05, 3.63) is 56.3 Å². The number of barbiturate groups is 1. The van der Waals surface area contributed by atoms with Crippen LogP contribution < -0.4 is 11.2 Å². The highest BCUT2D eigenvalue weighted by Gasteiger charge is 2.42. The monoisotopic (exact) mass is 546 g/mol. The molecule has 2 heterocycles. The highest BCUT2D eigenvalue weighted by molar-refractivity contribution is 6.29. The average Bonchev–Trinajstić information content (AvgIpc) is 2.87. The van der Waals surface area contributed by atoms with Crippen molar-refractivity contribution >= 4 is 35.9 Å². The molecule has 1 aliphatic rings. The van der Waals surface area contributed by atoms with Crippen molar-refractivity contribution in [3.63, 3.8) is 0 Å². The number of rotatable bonds is 13. The van der Waals surface area contributed by atoms with Gasteiger partial charge in [-0.1, -0.05) is 44.9 Å². The third kappa shape index (κ3) is 7.18. The number of imide groups is 2. The van der Waals surface area contributed by atoms with E-state index in [1.165, 1.54) is 18.2 Å². The van der Waals surface area contributed by atoms with Crippen LogP contribution in [0.15, 0.2) is 39.5 Å². The van der Waals surface area contributed by atoms with Gasteiger partial charge in [0.1, 0.15) is 24.2 Å². The number of unbranched alkanes of at least 4 members (excludes halogenated alkanes) is 2. The molecule has 0 aliphatic carbocycles. The van der Waals surface area contributed by atoms with E-state index in [4.69, 9.17) is 10.2 Å². The summed E-state index contributed by atoms with van der Waals surface area (Å²) in [5, 5.41) is 28.6. The zero-order valence-electron chi connectivity index (χ0n) is 21.5. The maximum atomic E-state index is 12.8. The van der Waals surface area contributed by atoms with Crippen LogP contribution in [0.1, 0.15) is 45.1 Å². The summed E-state index contributed by atoms with van der Waals surface area (Å²) in [4.78, 5) is 86.9. The van der Waals surface area contributed by atoms with Crippen LogP contribution in [0.25, 0.3) is 6.08 Å². The largest absolute Gasteiger partial charge is 0.494 e. The van der Waals surface area contributed by atoms with Crippen LogP contribution >= 0.6 is 0 Å². The average molecular weight is 547 g/mol. The van der Waals surface area contributed by atoms with Gasteiger partial charge in [0.05, 0.1) is 0 Å². The maximum absolute atomic E-state index is 12.8. The number of carbonyl (C=O) groups is 5. The van der Waals surface area contributed by atoms with E-state index in [-0.39, 0.29) is 18.7 Å². The lowest BCUT2D eigenvalue weighted by Gasteiger charge is -2.32. The van der Waals surface area contributed by atoms with E-state index in [9.17, 15) is 38.7 Å². The number of allylic oxidation sites excluding steroid dienone is 4. The van der Waals surface area contributed by atoms with Gasteiger partial charge in [0.2, 0.25) is 5.88 Å². The predicted octanol–water partition coefficient (Wildman–Crippen LogP) is 0.772. The van der Waals surface area contributed by atoms with E-state index in [0.717, 1.165) is 21.6 Å². The second kappa shape index (κ2) is 13.7. The lowest BCUT2D eigenvalue weighted by Crippen LogP contribution is -2.57. The molecule has 210 valence electrons. The highest BCUT2D eigenvalue weighted by Crippen LogP contribution is 2.19. The molecule has 3 N–H and O–H groups in total. The molecular formula is C25H30N4O10. The lowest BCUT2D eigenvalue weighted by atomic mass is 10.1. The summed E-state index contributed by atoms with van der Waals surface area (Å²) < 4.78 is 1.39. The number of urea groups is 1. The van der Waals surface area contributed by atoms with E-state index in [1.54, 1.807) is 0 Å². The first-order valence-electron chi connectivity index (χ1n) is 12.2. The Hall–Kier alpha value is -4.75. The van der Waals surface area contributed by atoms with Gasteiger partial charge >= 0.3 is 23.7 Å². The summed E-state index contributed by atoms with van der Waals surface area (Å²) in [5.41, 5.74) is -2.59. The summed E-state index contributed by atoms with van der Waals surface area (Å²) in [6, 6.07) is -1.02. The maximum Gasteiger partial charge on any atom is 0.334 e. The Morgan fingerprint density at radius 3 is 1.95 bits per heavy atom. The van der Waals surface area contributed by atoms with Gasteiger partial charge in [-0.05, 0) is 25.0 Å². The van der Waals surface area contributed by atoms with Crippen molar-refractivity contribution in [1.82, 2.24) is 18.9 Å². The minimum atomic E-state index is -1.44. The molecule has 0 radical (unpaired) electrons. The first-order valence-corrected chi connectivity index (χ1v) is 12.2. The molecule has 0 unspecified atom stereocenters. The number of amides is 4. The first-order chi connectivity index (χ1) is 18.5. The molecule has 1 fully saturated rings. The van der Waals surface area contributed by atoms with E-state index < -0.39 is 65.6 Å². The molecule has 0 aromatic carbocycles. The Morgan fingerprint density at radius 1 is 0.769 bits per heavy atom. The second-order valence-electron chi connectivity index (χ2n) is 8.51. The zero-order valence-corrected chi connectivity index (χ0v) is 21.5. The molecule has 0 bridgehead atoms. The molecule has 39 heavy (non-hydrogen) atoms. The number of aromatic hydroxyl groups is 1. The molecule has 0 atom stereocenters. The standard InChI is InChI=1S/C25H30N4O10/c1-3-5-12-26-20(34)16(22(36)28(24(26)38)14-18(30)31)10-8-7-9-11-17-21(35)27(13-6-4-2)25(39)29(23(17)37)15-19(32)33/h7-11,36H,3-6,12-15H2,1-2H3,(H,30,31)(H,32,33)/b9-7+,10-8+,17-11+. The van der Waals surface area contributed by atoms with Gasteiger partial charge in [-0.25, -0.2) is 14.5 Å². The number of hydrogen-bond donors (Lipinski definition) is 3. The number of aliphatic carboxylic acids is 2. The fourth-order valence-electron chi connectivity index (χ4n) is 3.65. The van der Waals surface area contributed by atoms with Crippen molar-refractivity contribution in [2.24, 2.45) is 0 Å². The number of carboxylic acid groups (broad SMARTS) is 2. The minimum absolute atomic E-state index is 0.00579. The van der Waals surface area contributed by atoms with Crippen LogP contribution in [0.4, 0.5) is 4.79 Å². The van der Waals surface area contributed by atoms with Crippen molar-refractivity contribution in [2.45, 2.75) is 52.6 Å². The van der Waals surface area contributed by atoms with Gasteiger partial charge in [0, 0.05) is 13.1 Å². The number of aromatic nitrogens is 2. The minimum Gasteiger partial charge on any atom is -0.494 e. The Morgan fingerprint density at radius 2 is 1.36 bits per heavy atom. The van der Waals surface area contributed by atoms with E-state index in [1.807, 2.05) is 13.8 Å². The van der Waals surface area contributed by atoms with Gasteiger partial charge in [-0.3, -0.25) is 38.0 Å². The molecule has 1 aliphatic heterocycles. The van der Waals surface area contributed by atoms with Gasteiger partial charge in [-0.2, -0.15) is 0 Å². The molecule has 1 saturated heterocycles. The Balaban J connectivity index is 2.44. The van der Waals surface area contributed by atoms with Crippen LogP contribution in [-0.4, -0.2) is 77.1 Å². The summed E-state index contributed by atoms with van der Waals surface area (Å²) in [6.45, 7) is 1.88. The van der Waals surface area contributed by atoms with Crippen molar-refractivity contribution in [1.29, 1.82) is 0 Å². The van der Waals surface area contributed by atoms with Crippen molar-refractivity contribution < 1.29 is 39.3 Å². The van der Waals surface area contributed by atoms with Crippen LogP contribution in [0.3, 0.4) is 0 Å². The zero-order chi connectivity index (χ0) is 29.3. The van der Waals surface area contributed by atoms with Gasteiger partial charge < -0.3 is 15.3 Å². The molecule has 1 aromatic rings. The van der Waals surface area contributed by atoms with Crippen LogP contribution in [0.5, 0.6) is 5.88 Å². The molecule has 4 amide bonds. The third-order valence-corrected chi connectivity index (χ3v) is 5.65. The van der Waals surface area contributed by atoms with Crippen molar-refractivity contribution in [3.8, 4) is 5.88 Å². The second-order valence-corrected chi connectivity index (χ2v) is 8.51. The smallest absolute Gasteiger partial charge is 0.334 e. The first kappa shape index (κ1) is 30.5. The van der Waals surface area contributed by atoms with E-state index >= 15 is 0 Å². The van der Waals surface area contributed by atoms with Gasteiger partial charge in [0.15, 0.2) is 0 Å². The number of nitrogens with zero attached hydrogens (tertiary/aromatic N) is 4. The SMILES string of the molecule is CCCCN1C(=O)\C(=C/C=C/C=C/c2c(O)n(CC(=O)O)c(=O)n(CCCC)c2=O)C(=O)N(CC(=O)O)C1=O. The Kier molecular flexibility index (Phi) is 10.7. The molecule has 14 heteroatoms. The summed E-state index contributed by atoms with van der Waals surface area (Å²) >= 11 is 0. The predicted molar refractivity (Wildman–Crippen MR) is 137 cm³/mol. The molecular weight excluding hydrogens is 516 g/mol. The fraction of sp³-hybridized carbons (Fsp3) is 0.400. The van der Waals surface area contributed by atoms with Gasteiger partial charge in [-0.15, -0.1) is 0 Å². The van der Waals surface area contributed by atoms with E-state index in [2.05, 4.69) is 0 Å². The topological polar surface area (TPSA) is 197 Å². The summed E-state index contributed by atoms with van der Waals surface area (Å²) in [5.74, 6) is -5.64. The summed E-state index contributed by atoms with van der Waals surface area (Å²) in [7, 11) is 0. The van der Waals surface area contributed by atoms with Crippen molar-refractivity contribution in [2.75, 3.05) is 13.1 Å². The Labute approximate surface area is 222 Å². The fourth-order valence-corrected chi connectivity index (χ4v) is 3.65. The lowest BCUT2D eigenvalue weighted by molar-refractivity contribution is -0.144. The van der Waals surface area contributed by atoms with Crippen LogP contribution in [0, 0.1) is 0 Å². The van der Waals surface area contributed by atoms with Crippen LogP contribution in [0.2, 0.25) is 0 Å². The van der Waals surface area contributed by atoms with Gasteiger partial charge in [0.25, 0.3) is 17.4 Å². The molecule has 2 rings (SSSR count). The molecule has 0 saturated carbocycles. The molecule has 1 aromatic heterocycles. The van der Waals surface area contributed by atoms with Crippen LogP contribution in [-0.2, 0) is 32.3 Å². The third-order valence-electron chi connectivity index (χ3n) is 5.65.